The number of aldehydes is 1. The minimum atomic E-state index is -2.90. The van der Waals surface area contributed by atoms with Crippen LogP contribution in [0.1, 0.15) is 17.9 Å². The number of carbonyl (C=O) groups is 1. The topological polar surface area (TPSA) is 114 Å². The molecule has 4 atom stereocenters. The van der Waals surface area contributed by atoms with E-state index in [2.05, 4.69) is 9.72 Å². The van der Waals surface area contributed by atoms with E-state index in [0.29, 0.717) is 10.9 Å². The lowest BCUT2D eigenvalue weighted by Gasteiger charge is -2.21. The maximum Gasteiger partial charge on any atom is 0.328 e. The lowest BCUT2D eigenvalue weighted by molar-refractivity contribution is -0.211. The summed E-state index contributed by atoms with van der Waals surface area (Å²) in [5.74, 6) is -2.90. The highest BCUT2D eigenvalue weighted by atomic mass is 32.1. The lowest BCUT2D eigenvalue weighted by atomic mass is 10.1. The molecule has 1 aromatic rings. The van der Waals surface area contributed by atoms with E-state index in [1.807, 2.05) is 0 Å². The normalized spacial score (nSPS) is 36.5. The number of aromatic amines is 1. The van der Waals surface area contributed by atoms with Crippen LogP contribution in [0.15, 0.2) is 11.0 Å². The van der Waals surface area contributed by atoms with Crippen molar-refractivity contribution in [3.05, 3.63) is 26.9 Å². The molecule has 1 saturated heterocycles. The summed E-state index contributed by atoms with van der Waals surface area (Å²) in [4.78, 5) is 24.9. The number of carbonyl (C=O) groups excluding carboxylic acids is 1. The fraction of sp³-hybridized carbons (Fsp3) is 0.545. The quantitative estimate of drug-likeness (QED) is 0.495. The molecule has 10 heteroatoms. The van der Waals surface area contributed by atoms with Crippen molar-refractivity contribution in [3.63, 3.8) is 0 Å². The fourth-order valence-corrected chi connectivity index (χ4v) is 2.09. The number of H-pyrrole nitrogens is 1. The standard InChI is InChI=1S/C11H13FN2O6S/c1-19-4-11(12)7(17)6(16)9(20-11)14-2-5(3-15)8(21)13-10(14)18/h2-3,6-7,9,16-17H,4H2,1H3,(H,13,18,21)/t6-,7+,9-,11-/m1/s1/i9D. The Morgan fingerprint density at radius 3 is 3.00 bits per heavy atom. The molecule has 1 aromatic heterocycles. The van der Waals surface area contributed by atoms with Gasteiger partial charge in [0.2, 0.25) is 0 Å². The summed E-state index contributed by atoms with van der Waals surface area (Å²) >= 11 is 4.74. The molecule has 0 saturated carbocycles. The second-order valence-electron chi connectivity index (χ2n) is 4.38. The molecule has 0 aromatic carbocycles. The first-order chi connectivity index (χ1) is 10.2. The summed E-state index contributed by atoms with van der Waals surface area (Å²) in [6, 6.07) is 0. The van der Waals surface area contributed by atoms with E-state index in [1.165, 1.54) is 0 Å². The van der Waals surface area contributed by atoms with Crippen LogP contribution < -0.4 is 5.69 Å². The van der Waals surface area contributed by atoms with Crippen LogP contribution in [0.3, 0.4) is 0 Å². The molecule has 0 spiro atoms. The first kappa shape index (κ1) is 14.5. The molecule has 0 unspecified atom stereocenters. The molecule has 116 valence electrons. The summed E-state index contributed by atoms with van der Waals surface area (Å²) in [5, 5.41) is 19.7. The predicted octanol–water partition coefficient (Wildman–Crippen LogP) is -0.719. The summed E-state index contributed by atoms with van der Waals surface area (Å²) < 4.78 is 32.1. The summed E-state index contributed by atoms with van der Waals surface area (Å²) in [6.07, 6.45) is -5.81. The van der Waals surface area contributed by atoms with Crippen molar-refractivity contribution in [2.24, 2.45) is 0 Å². The van der Waals surface area contributed by atoms with Gasteiger partial charge in [0.25, 0.3) is 5.85 Å². The van der Waals surface area contributed by atoms with Crippen LogP contribution in [-0.4, -0.2) is 57.8 Å². The molecule has 21 heavy (non-hydrogen) atoms. The van der Waals surface area contributed by atoms with E-state index >= 15 is 0 Å². The van der Waals surface area contributed by atoms with Gasteiger partial charge in [0.15, 0.2) is 12.5 Å². The van der Waals surface area contributed by atoms with E-state index in [1.54, 1.807) is 0 Å². The number of aromatic nitrogens is 2. The number of methoxy groups -OCH3 is 1. The number of nitrogens with zero attached hydrogens (tertiary/aromatic N) is 1. The Kier molecular flexibility index (Phi) is 3.95. The number of alkyl halides is 1. The monoisotopic (exact) mass is 321 g/mol. The molecular formula is C11H13FN2O6S. The maximum absolute atomic E-state index is 14.4. The van der Waals surface area contributed by atoms with Crippen LogP contribution in [0.25, 0.3) is 0 Å². The van der Waals surface area contributed by atoms with Crippen LogP contribution in [-0.2, 0) is 9.47 Å². The van der Waals surface area contributed by atoms with Crippen molar-refractivity contribution in [1.29, 1.82) is 0 Å². The third-order valence-corrected chi connectivity index (χ3v) is 3.28. The van der Waals surface area contributed by atoms with Crippen molar-refractivity contribution in [1.82, 2.24) is 9.55 Å². The Balaban J connectivity index is 2.59. The average molecular weight is 321 g/mol. The third kappa shape index (κ3) is 2.68. The van der Waals surface area contributed by atoms with Crippen molar-refractivity contribution in [2.45, 2.75) is 24.3 Å². The number of aliphatic hydroxyl groups excluding tert-OH is 2. The summed E-state index contributed by atoms with van der Waals surface area (Å²) in [7, 11) is 1.13. The van der Waals surface area contributed by atoms with Gasteiger partial charge in [0, 0.05) is 13.3 Å². The Hall–Kier alpha value is -1.46. The Morgan fingerprint density at radius 1 is 1.76 bits per heavy atom. The highest BCUT2D eigenvalue weighted by molar-refractivity contribution is 7.71. The number of halogens is 1. The predicted molar refractivity (Wildman–Crippen MR) is 69.1 cm³/mol. The van der Waals surface area contributed by atoms with Gasteiger partial charge in [-0.1, -0.05) is 12.2 Å². The Bertz CT molecular complexity index is 711. The molecule has 2 heterocycles. The average Bonchev–Trinajstić information content (AvgIpc) is 2.61. The van der Waals surface area contributed by atoms with Crippen molar-refractivity contribution >= 4 is 18.5 Å². The van der Waals surface area contributed by atoms with Crippen LogP contribution in [0.4, 0.5) is 4.39 Å². The van der Waals surface area contributed by atoms with Gasteiger partial charge in [-0.3, -0.25) is 14.3 Å². The van der Waals surface area contributed by atoms with Gasteiger partial charge in [-0.2, -0.15) is 0 Å². The lowest BCUT2D eigenvalue weighted by Crippen LogP contribution is -2.42. The molecule has 0 aliphatic carbocycles. The van der Waals surface area contributed by atoms with Gasteiger partial charge in [0.1, 0.15) is 23.5 Å². The Labute approximate surface area is 124 Å². The molecule has 8 nitrogen and oxygen atoms in total. The van der Waals surface area contributed by atoms with E-state index < -0.39 is 36.6 Å². The van der Waals surface area contributed by atoms with Crippen LogP contribution >= 0.6 is 12.2 Å². The zero-order valence-corrected chi connectivity index (χ0v) is 11.6. The number of aliphatic hydroxyl groups is 2. The molecule has 2 rings (SSSR count). The fourth-order valence-electron chi connectivity index (χ4n) is 1.90. The van der Waals surface area contributed by atoms with E-state index in [4.69, 9.17) is 18.3 Å². The van der Waals surface area contributed by atoms with Crippen molar-refractivity contribution in [2.75, 3.05) is 13.7 Å². The first-order valence-corrected chi connectivity index (χ1v) is 6.16. The SMILES string of the molecule is [2H][C@@]1(n2cc(C=O)c(=S)[nH]c2=O)O[C@](F)(COC)[C@@H](O)[C@H]1O. The minimum Gasteiger partial charge on any atom is -0.385 e. The highest BCUT2D eigenvalue weighted by Crippen LogP contribution is 2.37. The number of hydrogen-bond acceptors (Lipinski definition) is 7. The van der Waals surface area contributed by atoms with Crippen molar-refractivity contribution < 1.29 is 30.2 Å². The molecule has 1 fully saturated rings. The number of nitrogens with one attached hydrogen (secondary N) is 1. The third-order valence-electron chi connectivity index (χ3n) is 2.94. The smallest absolute Gasteiger partial charge is 0.328 e. The van der Waals surface area contributed by atoms with Crippen LogP contribution in [0.2, 0.25) is 0 Å². The van der Waals surface area contributed by atoms with E-state index in [9.17, 15) is 24.2 Å². The number of rotatable bonds is 4. The van der Waals surface area contributed by atoms with E-state index in [0.717, 1.165) is 13.3 Å². The van der Waals surface area contributed by atoms with Gasteiger partial charge in [0.05, 0.1) is 6.93 Å². The Morgan fingerprint density at radius 2 is 2.43 bits per heavy atom. The first-order valence-electron chi connectivity index (χ1n) is 6.25. The molecule has 3 N–H and O–H groups in total. The second kappa shape index (κ2) is 5.73. The van der Waals surface area contributed by atoms with Gasteiger partial charge in [-0.05, 0) is 0 Å². The molecular weight excluding hydrogens is 307 g/mol. The number of ether oxygens (including phenoxy) is 2. The largest absolute Gasteiger partial charge is 0.385 e. The zero-order chi connectivity index (χ0) is 16.7. The maximum atomic E-state index is 14.4. The van der Waals surface area contributed by atoms with Crippen molar-refractivity contribution in [3.8, 4) is 0 Å². The van der Waals surface area contributed by atoms with Gasteiger partial charge >= 0.3 is 5.69 Å². The van der Waals surface area contributed by atoms with E-state index in [-0.39, 0.29) is 10.2 Å². The zero-order valence-electron chi connectivity index (χ0n) is 11.8. The van der Waals surface area contributed by atoms with Gasteiger partial charge < -0.3 is 19.7 Å². The molecule has 1 aliphatic heterocycles. The molecule has 1 aliphatic rings. The second-order valence-corrected chi connectivity index (χ2v) is 4.79. The highest BCUT2D eigenvalue weighted by Gasteiger charge is 2.56. The molecule has 0 radical (unpaired) electrons. The van der Waals surface area contributed by atoms with Gasteiger partial charge in [-0.25, -0.2) is 9.18 Å². The summed E-state index contributed by atoms with van der Waals surface area (Å²) in [5.41, 5.74) is -1.19. The van der Waals surface area contributed by atoms with Gasteiger partial charge in [-0.15, -0.1) is 0 Å². The molecule has 0 amide bonds. The minimum absolute atomic E-state index is 0.172. The number of hydrogen-bond donors (Lipinski definition) is 3. The molecule has 0 bridgehead atoms. The summed E-state index contributed by atoms with van der Waals surface area (Å²) in [6.45, 7) is -0.774. The van der Waals surface area contributed by atoms with Crippen LogP contribution in [0, 0.1) is 4.64 Å². The van der Waals surface area contributed by atoms with Crippen LogP contribution in [0.5, 0.6) is 0 Å².